The highest BCUT2D eigenvalue weighted by molar-refractivity contribution is 5.94. The predicted octanol–water partition coefficient (Wildman–Crippen LogP) is 14.5. The second kappa shape index (κ2) is 14.9. The molecule has 0 fully saturated rings. The zero-order valence-electron chi connectivity index (χ0n) is 32.3. The van der Waals surface area contributed by atoms with Crippen LogP contribution in [0, 0.1) is 0 Å². The lowest BCUT2D eigenvalue weighted by Gasteiger charge is -2.35. The van der Waals surface area contributed by atoms with E-state index in [0.717, 1.165) is 45.1 Å². The number of methoxy groups -OCH3 is 1. The lowest BCUT2D eigenvalue weighted by atomic mass is 9.67. The summed E-state index contributed by atoms with van der Waals surface area (Å²) in [6.07, 6.45) is 0. The Morgan fingerprint density at radius 3 is 1.50 bits per heavy atom. The van der Waals surface area contributed by atoms with Gasteiger partial charge in [-0.2, -0.15) is 0 Å². The van der Waals surface area contributed by atoms with Gasteiger partial charge in [0.15, 0.2) is 0 Å². The summed E-state index contributed by atoms with van der Waals surface area (Å²) in [5.74, 6) is 0.846. The highest BCUT2D eigenvalue weighted by Gasteiger charge is 2.46. The largest absolute Gasteiger partial charge is 0.496 e. The van der Waals surface area contributed by atoms with Gasteiger partial charge in [-0.15, -0.1) is 0 Å². The monoisotopic (exact) mass is 743 g/mol. The van der Waals surface area contributed by atoms with E-state index in [1.807, 2.05) is 12.1 Å². The maximum absolute atomic E-state index is 5.86. The molecule has 58 heavy (non-hydrogen) atoms. The second-order valence-corrected chi connectivity index (χ2v) is 14.8. The van der Waals surface area contributed by atoms with Crippen LogP contribution in [0.3, 0.4) is 0 Å². The molecule has 0 saturated heterocycles. The molecule has 10 rings (SSSR count). The fourth-order valence-corrected chi connectivity index (χ4v) is 9.06. The first-order valence-corrected chi connectivity index (χ1v) is 19.9. The number of para-hydroxylation sites is 1. The van der Waals surface area contributed by atoms with E-state index in [1.165, 1.54) is 44.5 Å². The highest BCUT2D eigenvalue weighted by atomic mass is 16.5. The van der Waals surface area contributed by atoms with Crippen molar-refractivity contribution >= 4 is 17.1 Å². The van der Waals surface area contributed by atoms with E-state index in [4.69, 9.17) is 4.74 Å². The molecule has 9 aromatic rings. The van der Waals surface area contributed by atoms with Crippen LogP contribution in [0.25, 0.3) is 44.5 Å². The summed E-state index contributed by atoms with van der Waals surface area (Å²) in [6.45, 7) is 0. The Kier molecular flexibility index (Phi) is 9.01. The first kappa shape index (κ1) is 35.0. The Bertz CT molecular complexity index is 2810. The molecule has 276 valence electrons. The second-order valence-electron chi connectivity index (χ2n) is 14.8. The number of hydrogen-bond acceptors (Lipinski definition) is 2. The normalized spacial score (nSPS) is 12.4. The maximum Gasteiger partial charge on any atom is 0.126 e. The summed E-state index contributed by atoms with van der Waals surface area (Å²) < 4.78 is 5.86. The molecule has 0 aromatic heterocycles. The third kappa shape index (κ3) is 5.90. The molecular weight excluding hydrogens is 703 g/mol. The van der Waals surface area contributed by atoms with Crippen LogP contribution in [-0.4, -0.2) is 7.11 Å². The SMILES string of the molecule is COc1ccccc1-c1ccc(N(c2ccc(-c3ccccc3)cc2)c2ccc3c(c2)C(c2ccccc2)(c2ccccc2)c2ccccc2-3)c(-c2ccccc2)c1. The van der Waals surface area contributed by atoms with Crippen LogP contribution in [0.4, 0.5) is 17.1 Å². The molecule has 0 heterocycles. The van der Waals surface area contributed by atoms with E-state index in [1.54, 1.807) is 7.11 Å². The summed E-state index contributed by atoms with van der Waals surface area (Å²) in [5.41, 5.74) is 17.1. The number of nitrogens with zero attached hydrogens (tertiary/aromatic N) is 1. The van der Waals surface area contributed by atoms with Crippen molar-refractivity contribution in [3.05, 3.63) is 253 Å². The zero-order valence-corrected chi connectivity index (χ0v) is 32.3. The summed E-state index contributed by atoms with van der Waals surface area (Å²) in [6, 6.07) is 83.5. The molecule has 0 atom stereocenters. The minimum Gasteiger partial charge on any atom is -0.496 e. The van der Waals surface area contributed by atoms with Gasteiger partial charge in [0.1, 0.15) is 5.75 Å². The minimum atomic E-state index is -0.525. The first-order valence-electron chi connectivity index (χ1n) is 19.9. The van der Waals surface area contributed by atoms with Crippen LogP contribution in [0.5, 0.6) is 5.75 Å². The Morgan fingerprint density at radius 1 is 0.345 bits per heavy atom. The van der Waals surface area contributed by atoms with Crippen molar-refractivity contribution in [3.63, 3.8) is 0 Å². The Morgan fingerprint density at radius 2 is 0.845 bits per heavy atom. The lowest BCUT2D eigenvalue weighted by molar-refractivity contribution is 0.416. The smallest absolute Gasteiger partial charge is 0.126 e. The molecule has 0 spiro atoms. The fraction of sp³-hybridized carbons (Fsp3) is 0.0357. The molecule has 0 saturated carbocycles. The molecule has 9 aromatic carbocycles. The van der Waals surface area contributed by atoms with E-state index in [0.29, 0.717) is 0 Å². The maximum atomic E-state index is 5.86. The number of rotatable bonds is 9. The van der Waals surface area contributed by atoms with Crippen molar-refractivity contribution in [2.24, 2.45) is 0 Å². The molecule has 2 heteroatoms. The first-order chi connectivity index (χ1) is 28.7. The molecule has 0 N–H and O–H groups in total. The molecular formula is C56H41NO. The standard InChI is InChI=1S/C56H41NO/c1-58-55-29-17-15-26-48(55)43-32-37-54(51(38-43)42-20-8-3-9-21-42)57(46-33-30-41(31-34-46)40-18-6-2-7-19-40)47-35-36-50-49-27-14-16-28-52(49)56(53(50)39-47,44-22-10-4-11-23-44)45-24-12-5-13-25-45/h2-39H,1H3. The van der Waals surface area contributed by atoms with Crippen LogP contribution in [0.15, 0.2) is 231 Å². The van der Waals surface area contributed by atoms with Gasteiger partial charge in [0.2, 0.25) is 0 Å². The minimum absolute atomic E-state index is 0.525. The lowest BCUT2D eigenvalue weighted by Crippen LogP contribution is -2.28. The van der Waals surface area contributed by atoms with E-state index in [9.17, 15) is 0 Å². The van der Waals surface area contributed by atoms with Gasteiger partial charge < -0.3 is 9.64 Å². The van der Waals surface area contributed by atoms with E-state index in [-0.39, 0.29) is 0 Å². The van der Waals surface area contributed by atoms with Crippen molar-refractivity contribution in [1.29, 1.82) is 0 Å². The Hall–Kier alpha value is -7.42. The van der Waals surface area contributed by atoms with Crippen LogP contribution >= 0.6 is 0 Å². The van der Waals surface area contributed by atoms with E-state index < -0.39 is 5.41 Å². The molecule has 0 radical (unpaired) electrons. The van der Waals surface area contributed by atoms with Crippen molar-refractivity contribution in [2.75, 3.05) is 12.0 Å². The zero-order chi connectivity index (χ0) is 38.9. The molecule has 1 aliphatic rings. The van der Waals surface area contributed by atoms with Gasteiger partial charge >= 0.3 is 0 Å². The third-order valence-electron chi connectivity index (χ3n) is 11.7. The average molecular weight is 744 g/mol. The number of fused-ring (bicyclic) bond motifs is 3. The number of anilines is 3. The van der Waals surface area contributed by atoms with Gasteiger partial charge in [-0.05, 0) is 98.1 Å². The third-order valence-corrected chi connectivity index (χ3v) is 11.7. The molecule has 0 aliphatic heterocycles. The van der Waals surface area contributed by atoms with Crippen molar-refractivity contribution in [1.82, 2.24) is 0 Å². The quantitative estimate of drug-likeness (QED) is 0.146. The van der Waals surface area contributed by atoms with Crippen molar-refractivity contribution < 1.29 is 4.74 Å². The molecule has 0 bridgehead atoms. The van der Waals surface area contributed by atoms with Gasteiger partial charge in [0.05, 0.1) is 18.2 Å². The van der Waals surface area contributed by atoms with Crippen LogP contribution in [0.2, 0.25) is 0 Å². The van der Waals surface area contributed by atoms with Gasteiger partial charge in [-0.1, -0.05) is 188 Å². The Balaban J connectivity index is 1.24. The van der Waals surface area contributed by atoms with E-state index >= 15 is 0 Å². The van der Waals surface area contributed by atoms with Crippen LogP contribution in [-0.2, 0) is 5.41 Å². The predicted molar refractivity (Wildman–Crippen MR) is 241 cm³/mol. The Labute approximate surface area is 340 Å². The molecule has 2 nitrogen and oxygen atoms in total. The highest BCUT2D eigenvalue weighted by Crippen LogP contribution is 2.57. The molecule has 0 unspecified atom stereocenters. The summed E-state index contributed by atoms with van der Waals surface area (Å²) in [7, 11) is 1.74. The van der Waals surface area contributed by atoms with Gasteiger partial charge in [-0.3, -0.25) is 0 Å². The summed E-state index contributed by atoms with van der Waals surface area (Å²) in [4.78, 5) is 2.44. The summed E-state index contributed by atoms with van der Waals surface area (Å²) in [5, 5.41) is 0. The van der Waals surface area contributed by atoms with Crippen LogP contribution < -0.4 is 9.64 Å². The van der Waals surface area contributed by atoms with Gasteiger partial charge in [-0.25, -0.2) is 0 Å². The van der Waals surface area contributed by atoms with E-state index in [2.05, 4.69) is 223 Å². The van der Waals surface area contributed by atoms with Crippen molar-refractivity contribution in [2.45, 2.75) is 5.41 Å². The average Bonchev–Trinajstić information content (AvgIpc) is 3.61. The molecule has 1 aliphatic carbocycles. The van der Waals surface area contributed by atoms with Crippen molar-refractivity contribution in [3.8, 4) is 50.3 Å². The summed E-state index contributed by atoms with van der Waals surface area (Å²) >= 11 is 0. The number of hydrogen-bond donors (Lipinski definition) is 0. The fourth-order valence-electron chi connectivity index (χ4n) is 9.06. The van der Waals surface area contributed by atoms with Gasteiger partial charge in [0, 0.05) is 22.5 Å². The number of benzene rings is 9. The topological polar surface area (TPSA) is 12.5 Å². The number of ether oxygens (including phenoxy) is 1. The van der Waals surface area contributed by atoms with Gasteiger partial charge in [0.25, 0.3) is 0 Å². The molecule has 0 amide bonds. The van der Waals surface area contributed by atoms with Crippen LogP contribution in [0.1, 0.15) is 22.3 Å².